The molecule has 0 unspecified atom stereocenters. The third-order valence-electron chi connectivity index (χ3n) is 1.75. The molecular weight excluding hydrogens is 204 g/mol. The average Bonchev–Trinajstić information content (AvgIpc) is 2.02. The van der Waals surface area contributed by atoms with Crippen LogP contribution in [0.3, 0.4) is 0 Å². The lowest BCUT2D eigenvalue weighted by molar-refractivity contribution is -0.128. The molecule has 14 heavy (non-hydrogen) atoms. The minimum Gasteiger partial charge on any atom is -0.348 e. The second kappa shape index (κ2) is 5.11. The molecule has 0 saturated heterocycles. The van der Waals surface area contributed by atoms with Gasteiger partial charge in [0.25, 0.3) is 0 Å². The number of amides is 1. The van der Waals surface area contributed by atoms with Gasteiger partial charge < -0.3 is 4.90 Å². The van der Waals surface area contributed by atoms with Crippen molar-refractivity contribution in [1.82, 2.24) is 4.90 Å². The summed E-state index contributed by atoms with van der Waals surface area (Å²) >= 11 is 0. The van der Waals surface area contributed by atoms with Crippen molar-refractivity contribution in [2.45, 2.75) is 18.1 Å². The smallest absolute Gasteiger partial charge is 0.241 e. The van der Waals surface area contributed by atoms with Crippen molar-refractivity contribution < 1.29 is 13.2 Å². The topological polar surface area (TPSA) is 80.5 Å². The summed E-state index contributed by atoms with van der Waals surface area (Å²) in [6.07, 6.45) is 2.18. The lowest BCUT2D eigenvalue weighted by Gasteiger charge is -2.17. The highest BCUT2D eigenvalue weighted by molar-refractivity contribution is 7.90. The van der Waals surface area contributed by atoms with Crippen LogP contribution < -0.4 is 5.14 Å². The Hall–Kier alpha value is -0.880. The Labute approximate surface area is 84.6 Å². The van der Waals surface area contributed by atoms with Crippen LogP contribution in [0.25, 0.3) is 0 Å². The molecular formula is C8H16N2O3S. The zero-order valence-corrected chi connectivity index (χ0v) is 9.25. The van der Waals surface area contributed by atoms with Gasteiger partial charge in [-0.15, -0.1) is 6.58 Å². The summed E-state index contributed by atoms with van der Waals surface area (Å²) in [6.45, 7) is 3.46. The Kier molecular flexibility index (Phi) is 4.79. The number of sulfonamides is 1. The van der Waals surface area contributed by atoms with E-state index in [4.69, 9.17) is 5.14 Å². The number of allylic oxidation sites excluding steroid dienone is 1. The molecule has 0 aromatic rings. The van der Waals surface area contributed by atoms with Gasteiger partial charge in [-0.05, 0) is 12.8 Å². The van der Waals surface area contributed by atoms with Crippen LogP contribution in [0.4, 0.5) is 0 Å². The first kappa shape index (κ1) is 13.1. The SMILES string of the molecule is C=CCC[C@H](C(=O)N(C)C)S(N)(=O)=O. The lowest BCUT2D eigenvalue weighted by atomic mass is 10.2. The monoisotopic (exact) mass is 220 g/mol. The Morgan fingerprint density at radius 2 is 2.07 bits per heavy atom. The Bertz CT molecular complexity index is 309. The van der Waals surface area contributed by atoms with E-state index in [1.807, 2.05) is 0 Å². The van der Waals surface area contributed by atoms with Crippen molar-refractivity contribution in [1.29, 1.82) is 0 Å². The molecule has 0 heterocycles. The molecule has 0 spiro atoms. The molecule has 0 rings (SSSR count). The van der Waals surface area contributed by atoms with Crippen LogP contribution in [0, 0.1) is 0 Å². The van der Waals surface area contributed by atoms with Gasteiger partial charge in [-0.25, -0.2) is 13.6 Å². The second-order valence-electron chi connectivity index (χ2n) is 3.18. The molecule has 0 aliphatic heterocycles. The fourth-order valence-electron chi connectivity index (χ4n) is 0.985. The summed E-state index contributed by atoms with van der Waals surface area (Å²) in [7, 11) is -0.831. The van der Waals surface area contributed by atoms with Crippen molar-refractivity contribution in [3.05, 3.63) is 12.7 Å². The van der Waals surface area contributed by atoms with Crippen molar-refractivity contribution in [3.63, 3.8) is 0 Å². The highest BCUT2D eigenvalue weighted by Crippen LogP contribution is 2.08. The number of primary sulfonamides is 1. The van der Waals surface area contributed by atoms with E-state index in [2.05, 4.69) is 6.58 Å². The highest BCUT2D eigenvalue weighted by Gasteiger charge is 2.29. The number of nitrogens with zero attached hydrogens (tertiary/aromatic N) is 1. The fourth-order valence-corrected chi connectivity index (χ4v) is 1.94. The van der Waals surface area contributed by atoms with E-state index >= 15 is 0 Å². The van der Waals surface area contributed by atoms with Crippen LogP contribution in [-0.2, 0) is 14.8 Å². The standard InChI is InChI=1S/C8H16N2O3S/c1-4-5-6-7(14(9,12)13)8(11)10(2)3/h4,7H,1,5-6H2,2-3H3,(H2,9,12,13)/t7-/m1/s1. The first-order chi connectivity index (χ1) is 6.30. The predicted octanol–water partition coefficient (Wildman–Crippen LogP) is -0.302. The maximum absolute atomic E-state index is 11.4. The summed E-state index contributed by atoms with van der Waals surface area (Å²) in [6, 6.07) is 0. The molecule has 0 aromatic heterocycles. The van der Waals surface area contributed by atoms with Gasteiger partial charge in [-0.1, -0.05) is 6.08 Å². The number of hydrogen-bond donors (Lipinski definition) is 1. The van der Waals surface area contributed by atoms with E-state index < -0.39 is 21.2 Å². The molecule has 0 radical (unpaired) electrons. The quantitative estimate of drug-likeness (QED) is 0.646. The molecule has 0 aliphatic rings. The zero-order chi connectivity index (χ0) is 11.4. The van der Waals surface area contributed by atoms with Gasteiger partial charge in [0.05, 0.1) is 0 Å². The average molecular weight is 220 g/mol. The van der Waals surface area contributed by atoms with Crippen LogP contribution in [0.2, 0.25) is 0 Å². The van der Waals surface area contributed by atoms with Gasteiger partial charge in [0.1, 0.15) is 0 Å². The molecule has 6 heteroatoms. The van der Waals surface area contributed by atoms with E-state index in [-0.39, 0.29) is 6.42 Å². The molecule has 1 amide bonds. The Morgan fingerprint density at radius 3 is 2.36 bits per heavy atom. The number of nitrogens with two attached hydrogens (primary N) is 1. The van der Waals surface area contributed by atoms with Crippen LogP contribution in [0.15, 0.2) is 12.7 Å². The van der Waals surface area contributed by atoms with Crippen molar-refractivity contribution in [3.8, 4) is 0 Å². The summed E-state index contributed by atoms with van der Waals surface area (Å²) in [4.78, 5) is 12.6. The number of hydrogen-bond acceptors (Lipinski definition) is 3. The third-order valence-corrected chi connectivity index (χ3v) is 2.98. The molecule has 0 aliphatic carbocycles. The van der Waals surface area contributed by atoms with Gasteiger partial charge in [-0.3, -0.25) is 4.79 Å². The minimum absolute atomic E-state index is 0.180. The summed E-state index contributed by atoms with van der Waals surface area (Å²) in [5.74, 6) is -0.491. The van der Waals surface area contributed by atoms with Crippen LogP contribution >= 0.6 is 0 Å². The number of carbonyl (C=O) groups excluding carboxylic acids is 1. The normalized spacial score (nSPS) is 13.4. The van der Waals surface area contributed by atoms with Gasteiger partial charge in [0, 0.05) is 14.1 Å². The Morgan fingerprint density at radius 1 is 1.57 bits per heavy atom. The number of rotatable bonds is 5. The first-order valence-electron chi connectivity index (χ1n) is 4.14. The van der Waals surface area contributed by atoms with E-state index in [1.165, 1.54) is 19.0 Å². The van der Waals surface area contributed by atoms with E-state index in [0.29, 0.717) is 6.42 Å². The molecule has 5 nitrogen and oxygen atoms in total. The van der Waals surface area contributed by atoms with Gasteiger partial charge in [0.2, 0.25) is 15.9 Å². The summed E-state index contributed by atoms with van der Waals surface area (Å²) < 4.78 is 22.2. The minimum atomic E-state index is -3.82. The van der Waals surface area contributed by atoms with E-state index in [1.54, 1.807) is 6.08 Å². The highest BCUT2D eigenvalue weighted by atomic mass is 32.2. The molecule has 0 fully saturated rings. The molecule has 1 atom stereocenters. The second-order valence-corrected chi connectivity index (χ2v) is 4.92. The predicted molar refractivity (Wildman–Crippen MR) is 55.0 cm³/mol. The van der Waals surface area contributed by atoms with E-state index in [9.17, 15) is 13.2 Å². The fraction of sp³-hybridized carbons (Fsp3) is 0.625. The summed E-state index contributed by atoms with van der Waals surface area (Å²) in [5, 5.41) is 3.79. The molecule has 82 valence electrons. The molecule has 0 saturated carbocycles. The molecule has 0 aromatic carbocycles. The largest absolute Gasteiger partial charge is 0.348 e. The maximum atomic E-state index is 11.4. The van der Waals surface area contributed by atoms with Gasteiger partial charge in [-0.2, -0.15) is 0 Å². The van der Waals surface area contributed by atoms with Gasteiger partial charge in [0.15, 0.2) is 5.25 Å². The van der Waals surface area contributed by atoms with Crippen molar-refractivity contribution >= 4 is 15.9 Å². The third kappa shape index (κ3) is 3.89. The molecule has 0 bridgehead atoms. The number of carbonyl (C=O) groups is 1. The maximum Gasteiger partial charge on any atom is 0.241 e. The van der Waals surface area contributed by atoms with Crippen molar-refractivity contribution in [2.75, 3.05) is 14.1 Å². The molecule has 2 N–H and O–H groups in total. The zero-order valence-electron chi connectivity index (χ0n) is 8.43. The summed E-state index contributed by atoms with van der Waals surface area (Å²) in [5.41, 5.74) is 0. The van der Waals surface area contributed by atoms with Crippen molar-refractivity contribution in [2.24, 2.45) is 5.14 Å². The Balaban J connectivity index is 4.74. The van der Waals surface area contributed by atoms with Crippen LogP contribution in [-0.4, -0.2) is 38.6 Å². The first-order valence-corrected chi connectivity index (χ1v) is 5.75. The van der Waals surface area contributed by atoms with Crippen LogP contribution in [0.1, 0.15) is 12.8 Å². The van der Waals surface area contributed by atoms with E-state index in [0.717, 1.165) is 0 Å². The lowest BCUT2D eigenvalue weighted by Crippen LogP contribution is -2.42. The van der Waals surface area contributed by atoms with Gasteiger partial charge >= 0.3 is 0 Å². The van der Waals surface area contributed by atoms with Crippen LogP contribution in [0.5, 0.6) is 0 Å².